The van der Waals surface area contributed by atoms with Crippen LogP contribution in [0.4, 0.5) is 0 Å². The van der Waals surface area contributed by atoms with Crippen molar-refractivity contribution in [2.45, 2.75) is 0 Å². The van der Waals surface area contributed by atoms with Gasteiger partial charge in [0.1, 0.15) is 5.75 Å². The molecular weight excluding hydrogens is 276 g/mol. The topological polar surface area (TPSA) is 55.0 Å². The quantitative estimate of drug-likeness (QED) is 0.787. The second-order valence-corrected chi connectivity index (χ2v) is 4.76. The number of hydrogen-bond acceptors (Lipinski definition) is 3. The van der Waals surface area contributed by atoms with E-state index in [0.29, 0.717) is 16.1 Å². The van der Waals surface area contributed by atoms with Gasteiger partial charge in [0.05, 0.1) is 18.2 Å². The first-order valence-corrected chi connectivity index (χ1v) is 6.39. The molecule has 0 fully saturated rings. The molecule has 0 aliphatic rings. The fourth-order valence-electron chi connectivity index (χ4n) is 2.11. The van der Waals surface area contributed by atoms with E-state index in [1.807, 2.05) is 24.3 Å². The van der Waals surface area contributed by atoms with Gasteiger partial charge < -0.3 is 4.74 Å². The van der Waals surface area contributed by atoms with Crippen molar-refractivity contribution in [3.63, 3.8) is 0 Å². The zero-order valence-corrected chi connectivity index (χ0v) is 11.4. The predicted octanol–water partition coefficient (Wildman–Crippen LogP) is 3.25. The molecule has 1 N–H and O–H groups in total. The van der Waals surface area contributed by atoms with Crippen molar-refractivity contribution in [3.8, 4) is 17.0 Å². The molecule has 0 saturated carbocycles. The standard InChI is InChI=1S/C15H11ClN2O2/c1-20-11-5-2-9(3-6-11)14-12-7-4-10(16)8-13(12)15(19)18-17-14/h2-8H,1H3,(H,18,19). The van der Waals surface area contributed by atoms with Gasteiger partial charge in [-0.05, 0) is 36.4 Å². The lowest BCUT2D eigenvalue weighted by Gasteiger charge is -2.06. The maximum Gasteiger partial charge on any atom is 0.272 e. The highest BCUT2D eigenvalue weighted by molar-refractivity contribution is 6.31. The van der Waals surface area contributed by atoms with E-state index in [0.717, 1.165) is 16.7 Å². The maximum atomic E-state index is 11.8. The normalized spacial score (nSPS) is 10.7. The van der Waals surface area contributed by atoms with E-state index in [1.165, 1.54) is 0 Å². The van der Waals surface area contributed by atoms with Crippen molar-refractivity contribution in [2.75, 3.05) is 7.11 Å². The third-order valence-corrected chi connectivity index (χ3v) is 3.35. The highest BCUT2D eigenvalue weighted by Crippen LogP contribution is 2.27. The van der Waals surface area contributed by atoms with Crippen LogP contribution in [-0.4, -0.2) is 17.3 Å². The SMILES string of the molecule is COc1ccc(-c2n[nH]c(=O)c3cc(Cl)ccc23)cc1. The number of nitrogens with zero attached hydrogens (tertiary/aromatic N) is 1. The van der Waals surface area contributed by atoms with Crippen LogP contribution in [0.15, 0.2) is 47.3 Å². The van der Waals surface area contributed by atoms with Crippen LogP contribution in [0.1, 0.15) is 0 Å². The van der Waals surface area contributed by atoms with Gasteiger partial charge in [-0.15, -0.1) is 0 Å². The predicted molar refractivity (Wildman–Crippen MR) is 79.4 cm³/mol. The van der Waals surface area contributed by atoms with Crippen molar-refractivity contribution in [1.29, 1.82) is 0 Å². The van der Waals surface area contributed by atoms with E-state index >= 15 is 0 Å². The zero-order chi connectivity index (χ0) is 14.1. The number of halogens is 1. The van der Waals surface area contributed by atoms with Crippen LogP contribution < -0.4 is 10.3 Å². The van der Waals surface area contributed by atoms with Gasteiger partial charge in [-0.2, -0.15) is 5.10 Å². The lowest BCUT2D eigenvalue weighted by atomic mass is 10.1. The molecule has 0 unspecified atom stereocenters. The van der Waals surface area contributed by atoms with Gasteiger partial charge in [0, 0.05) is 16.0 Å². The third-order valence-electron chi connectivity index (χ3n) is 3.11. The molecule has 0 radical (unpaired) electrons. The molecule has 5 heteroatoms. The molecule has 1 aromatic heterocycles. The molecule has 0 bridgehead atoms. The Kier molecular flexibility index (Phi) is 3.16. The van der Waals surface area contributed by atoms with Gasteiger partial charge in [0.2, 0.25) is 0 Å². The van der Waals surface area contributed by atoms with Gasteiger partial charge in [-0.25, -0.2) is 5.10 Å². The van der Waals surface area contributed by atoms with Crippen LogP contribution in [-0.2, 0) is 0 Å². The number of H-pyrrole nitrogens is 1. The Morgan fingerprint density at radius 1 is 1.10 bits per heavy atom. The highest BCUT2D eigenvalue weighted by atomic mass is 35.5. The summed E-state index contributed by atoms with van der Waals surface area (Å²) >= 11 is 5.94. The summed E-state index contributed by atoms with van der Waals surface area (Å²) in [6, 6.07) is 12.7. The van der Waals surface area contributed by atoms with Crippen LogP contribution in [0.2, 0.25) is 5.02 Å². The molecule has 0 atom stereocenters. The third kappa shape index (κ3) is 2.14. The number of fused-ring (bicyclic) bond motifs is 1. The fourth-order valence-corrected chi connectivity index (χ4v) is 2.28. The molecule has 20 heavy (non-hydrogen) atoms. The van der Waals surface area contributed by atoms with Crippen LogP contribution >= 0.6 is 11.6 Å². The van der Waals surface area contributed by atoms with Gasteiger partial charge in [-0.3, -0.25) is 4.79 Å². The second kappa shape index (κ2) is 4.98. The molecule has 2 aromatic carbocycles. The van der Waals surface area contributed by atoms with Crippen LogP contribution in [0.25, 0.3) is 22.0 Å². The number of ether oxygens (including phenoxy) is 1. The average Bonchev–Trinajstić information content (AvgIpc) is 2.48. The van der Waals surface area contributed by atoms with E-state index in [-0.39, 0.29) is 5.56 Å². The molecular formula is C15H11ClN2O2. The van der Waals surface area contributed by atoms with E-state index in [4.69, 9.17) is 16.3 Å². The number of methoxy groups -OCH3 is 1. The first-order chi connectivity index (χ1) is 9.69. The molecule has 100 valence electrons. The second-order valence-electron chi connectivity index (χ2n) is 4.32. The monoisotopic (exact) mass is 286 g/mol. The summed E-state index contributed by atoms with van der Waals surface area (Å²) < 4.78 is 5.13. The number of aromatic amines is 1. The van der Waals surface area contributed by atoms with E-state index in [9.17, 15) is 4.79 Å². The lowest BCUT2D eigenvalue weighted by Crippen LogP contribution is -2.09. The summed E-state index contributed by atoms with van der Waals surface area (Å²) in [7, 11) is 1.62. The summed E-state index contributed by atoms with van der Waals surface area (Å²) in [4.78, 5) is 11.8. The number of aromatic nitrogens is 2. The molecule has 1 heterocycles. The summed E-state index contributed by atoms with van der Waals surface area (Å²) in [5, 5.41) is 8.46. The minimum Gasteiger partial charge on any atom is -0.497 e. The molecule has 0 amide bonds. The summed E-state index contributed by atoms with van der Waals surface area (Å²) in [5.74, 6) is 0.769. The van der Waals surface area contributed by atoms with Crippen molar-refractivity contribution in [3.05, 3.63) is 57.8 Å². The van der Waals surface area contributed by atoms with Gasteiger partial charge in [0.15, 0.2) is 0 Å². The fraction of sp³-hybridized carbons (Fsp3) is 0.0667. The van der Waals surface area contributed by atoms with Crippen molar-refractivity contribution >= 4 is 22.4 Å². The summed E-state index contributed by atoms with van der Waals surface area (Å²) in [6.45, 7) is 0. The first-order valence-electron chi connectivity index (χ1n) is 6.01. The van der Waals surface area contributed by atoms with Crippen LogP contribution in [0.3, 0.4) is 0 Å². The maximum absolute atomic E-state index is 11.8. The number of rotatable bonds is 2. The number of hydrogen-bond donors (Lipinski definition) is 1. The Bertz CT molecular complexity index is 825. The molecule has 0 saturated heterocycles. The molecule has 0 aliphatic carbocycles. The Morgan fingerprint density at radius 3 is 2.55 bits per heavy atom. The molecule has 0 aliphatic heterocycles. The largest absolute Gasteiger partial charge is 0.497 e. The molecule has 4 nitrogen and oxygen atoms in total. The number of nitrogens with one attached hydrogen (secondary N) is 1. The Morgan fingerprint density at radius 2 is 1.85 bits per heavy atom. The Balaban J connectivity index is 2.25. The minimum absolute atomic E-state index is 0.250. The minimum atomic E-state index is -0.250. The molecule has 3 aromatic rings. The Labute approximate surface area is 120 Å². The smallest absolute Gasteiger partial charge is 0.272 e. The highest BCUT2D eigenvalue weighted by Gasteiger charge is 2.09. The van der Waals surface area contributed by atoms with Crippen molar-refractivity contribution in [1.82, 2.24) is 10.2 Å². The van der Waals surface area contributed by atoms with Crippen LogP contribution in [0, 0.1) is 0 Å². The van der Waals surface area contributed by atoms with E-state index in [2.05, 4.69) is 10.2 Å². The van der Waals surface area contributed by atoms with Crippen molar-refractivity contribution < 1.29 is 4.74 Å². The summed E-state index contributed by atoms with van der Waals surface area (Å²) in [6.07, 6.45) is 0. The van der Waals surface area contributed by atoms with Gasteiger partial charge >= 0.3 is 0 Å². The van der Waals surface area contributed by atoms with E-state index in [1.54, 1.807) is 25.3 Å². The zero-order valence-electron chi connectivity index (χ0n) is 10.7. The number of benzene rings is 2. The first kappa shape index (κ1) is 12.7. The van der Waals surface area contributed by atoms with Crippen LogP contribution in [0.5, 0.6) is 5.75 Å². The van der Waals surface area contributed by atoms with E-state index < -0.39 is 0 Å². The lowest BCUT2D eigenvalue weighted by molar-refractivity contribution is 0.415. The average molecular weight is 287 g/mol. The van der Waals surface area contributed by atoms with Crippen molar-refractivity contribution in [2.24, 2.45) is 0 Å². The molecule has 0 spiro atoms. The molecule has 3 rings (SSSR count). The summed E-state index contributed by atoms with van der Waals surface area (Å²) in [5.41, 5.74) is 1.35. The van der Waals surface area contributed by atoms with Gasteiger partial charge in [0.25, 0.3) is 5.56 Å². The van der Waals surface area contributed by atoms with Gasteiger partial charge in [-0.1, -0.05) is 17.7 Å². The Hall–Kier alpha value is -2.33.